The zero-order valence-electron chi connectivity index (χ0n) is 13.1. The van der Waals surface area contributed by atoms with Gasteiger partial charge in [0.15, 0.2) is 0 Å². The zero-order chi connectivity index (χ0) is 15.9. The predicted molar refractivity (Wildman–Crippen MR) is 91.4 cm³/mol. The average Bonchev–Trinajstić information content (AvgIpc) is 3.05. The van der Waals surface area contributed by atoms with Gasteiger partial charge in [-0.2, -0.15) is 0 Å². The Morgan fingerprint density at radius 1 is 1.22 bits per heavy atom. The number of benzene rings is 1. The highest BCUT2D eigenvalue weighted by Gasteiger charge is 2.25. The summed E-state index contributed by atoms with van der Waals surface area (Å²) in [6, 6.07) is 14.4. The van der Waals surface area contributed by atoms with Gasteiger partial charge >= 0.3 is 6.03 Å². The Morgan fingerprint density at radius 3 is 2.87 bits per heavy atom. The molecule has 1 fully saturated rings. The first-order chi connectivity index (χ1) is 11.3. The molecule has 1 saturated heterocycles. The van der Waals surface area contributed by atoms with Gasteiger partial charge in [-0.3, -0.25) is 4.98 Å². The van der Waals surface area contributed by atoms with Gasteiger partial charge in [0.2, 0.25) is 0 Å². The van der Waals surface area contributed by atoms with Gasteiger partial charge < -0.3 is 15.5 Å². The van der Waals surface area contributed by atoms with Crippen molar-refractivity contribution >= 4 is 11.7 Å². The number of hydrogen-bond donors (Lipinski definition) is 2. The summed E-state index contributed by atoms with van der Waals surface area (Å²) in [4.78, 5) is 18.2. The first kappa shape index (κ1) is 15.3. The molecule has 0 unspecified atom stereocenters. The van der Waals surface area contributed by atoms with E-state index in [1.807, 2.05) is 41.4 Å². The molecule has 1 aromatic carbocycles. The molecule has 0 bridgehead atoms. The Hall–Kier alpha value is -2.56. The van der Waals surface area contributed by atoms with E-state index < -0.39 is 0 Å². The molecule has 0 saturated carbocycles. The summed E-state index contributed by atoms with van der Waals surface area (Å²) in [6.07, 6.45) is 5.38. The fourth-order valence-corrected chi connectivity index (χ4v) is 2.82. The van der Waals surface area contributed by atoms with E-state index in [1.165, 1.54) is 5.56 Å². The largest absolute Gasteiger partial charge is 0.379 e. The number of rotatable bonds is 5. The Morgan fingerprint density at radius 2 is 2.09 bits per heavy atom. The van der Waals surface area contributed by atoms with Crippen molar-refractivity contribution in [2.24, 2.45) is 0 Å². The fourth-order valence-electron chi connectivity index (χ4n) is 2.82. The lowest BCUT2D eigenvalue weighted by atomic mass is 10.1. The Balaban J connectivity index is 1.41. The topological polar surface area (TPSA) is 57.3 Å². The van der Waals surface area contributed by atoms with E-state index >= 15 is 0 Å². The normalized spacial score (nSPS) is 17.0. The summed E-state index contributed by atoms with van der Waals surface area (Å²) >= 11 is 0. The quantitative estimate of drug-likeness (QED) is 0.892. The summed E-state index contributed by atoms with van der Waals surface area (Å²) in [7, 11) is 0. The number of amides is 2. The Bertz CT molecular complexity index is 617. The van der Waals surface area contributed by atoms with E-state index in [0.717, 1.165) is 31.6 Å². The van der Waals surface area contributed by atoms with E-state index in [4.69, 9.17) is 0 Å². The lowest BCUT2D eigenvalue weighted by Gasteiger charge is -2.18. The minimum absolute atomic E-state index is 0.0245. The van der Waals surface area contributed by atoms with Gasteiger partial charge in [-0.1, -0.05) is 30.3 Å². The number of nitrogens with zero attached hydrogens (tertiary/aromatic N) is 2. The lowest BCUT2D eigenvalue weighted by Crippen LogP contribution is -2.40. The zero-order valence-corrected chi connectivity index (χ0v) is 13.1. The highest BCUT2D eigenvalue weighted by atomic mass is 16.2. The van der Waals surface area contributed by atoms with Crippen LogP contribution in [-0.2, 0) is 6.42 Å². The third kappa shape index (κ3) is 4.45. The molecule has 1 atom stereocenters. The van der Waals surface area contributed by atoms with Crippen molar-refractivity contribution in [3.05, 3.63) is 60.4 Å². The first-order valence-corrected chi connectivity index (χ1v) is 8.04. The molecule has 1 aliphatic heterocycles. The summed E-state index contributed by atoms with van der Waals surface area (Å²) in [5.74, 6) is 0. The molecule has 2 amide bonds. The smallest absolute Gasteiger partial charge is 0.317 e. The molecule has 0 spiro atoms. The molecule has 23 heavy (non-hydrogen) atoms. The molecule has 0 radical (unpaired) electrons. The van der Waals surface area contributed by atoms with E-state index in [-0.39, 0.29) is 6.03 Å². The molecule has 2 aromatic rings. The van der Waals surface area contributed by atoms with Gasteiger partial charge in [0.1, 0.15) is 0 Å². The van der Waals surface area contributed by atoms with Crippen LogP contribution in [0.1, 0.15) is 12.0 Å². The van der Waals surface area contributed by atoms with Crippen molar-refractivity contribution < 1.29 is 4.79 Å². The number of urea groups is 1. The van der Waals surface area contributed by atoms with Gasteiger partial charge in [-0.05, 0) is 30.5 Å². The van der Waals surface area contributed by atoms with E-state index in [9.17, 15) is 4.79 Å². The van der Waals surface area contributed by atoms with E-state index in [0.29, 0.717) is 12.6 Å². The maximum Gasteiger partial charge on any atom is 0.317 e. The number of likely N-dealkylation sites (tertiary alicyclic amines) is 1. The number of nitrogens with one attached hydrogen (secondary N) is 2. The number of carbonyl (C=O) groups excluding carboxylic acids is 1. The molecular weight excluding hydrogens is 288 g/mol. The highest BCUT2D eigenvalue weighted by Crippen LogP contribution is 2.15. The summed E-state index contributed by atoms with van der Waals surface area (Å²) in [5, 5.41) is 6.43. The van der Waals surface area contributed by atoms with Crippen LogP contribution in [0.3, 0.4) is 0 Å². The van der Waals surface area contributed by atoms with Crippen molar-refractivity contribution in [2.45, 2.75) is 18.9 Å². The van der Waals surface area contributed by atoms with Crippen LogP contribution in [0, 0.1) is 0 Å². The van der Waals surface area contributed by atoms with Gasteiger partial charge in [-0.25, -0.2) is 4.79 Å². The summed E-state index contributed by atoms with van der Waals surface area (Å²) in [5.41, 5.74) is 2.24. The molecular formula is C18H22N4O. The van der Waals surface area contributed by atoms with Crippen LogP contribution < -0.4 is 10.6 Å². The van der Waals surface area contributed by atoms with Gasteiger partial charge in [0, 0.05) is 38.1 Å². The molecule has 2 heterocycles. The maximum absolute atomic E-state index is 12.2. The number of anilines is 1. The molecule has 5 heteroatoms. The molecule has 2 N–H and O–H groups in total. The second kappa shape index (κ2) is 7.63. The molecule has 3 rings (SSSR count). The van der Waals surface area contributed by atoms with Crippen LogP contribution in [0.15, 0.2) is 54.9 Å². The van der Waals surface area contributed by atoms with Crippen LogP contribution in [0.2, 0.25) is 0 Å². The second-order valence-electron chi connectivity index (χ2n) is 5.79. The minimum Gasteiger partial charge on any atom is -0.379 e. The monoisotopic (exact) mass is 310 g/mol. The van der Waals surface area contributed by atoms with Crippen LogP contribution in [0.25, 0.3) is 0 Å². The molecule has 120 valence electrons. The molecule has 1 aromatic heterocycles. The number of hydrogen-bond acceptors (Lipinski definition) is 3. The minimum atomic E-state index is 0.0245. The molecule has 0 aliphatic carbocycles. The SMILES string of the molecule is O=C(NCCc1ccccc1)N1CC[C@@H](Nc2cccnc2)C1. The average molecular weight is 310 g/mol. The standard InChI is InChI=1S/C18H22N4O/c23-18(20-11-8-15-5-2-1-3-6-15)22-12-9-17(14-22)21-16-7-4-10-19-13-16/h1-7,10,13,17,21H,8-9,11-12,14H2,(H,20,23)/t17-/m1/s1. The molecule has 1 aliphatic rings. The highest BCUT2D eigenvalue weighted by molar-refractivity contribution is 5.74. The second-order valence-corrected chi connectivity index (χ2v) is 5.79. The van der Waals surface area contributed by atoms with E-state index in [1.54, 1.807) is 6.20 Å². The maximum atomic E-state index is 12.2. The van der Waals surface area contributed by atoms with Crippen LogP contribution >= 0.6 is 0 Å². The van der Waals surface area contributed by atoms with Crippen molar-refractivity contribution in [2.75, 3.05) is 25.0 Å². The number of carbonyl (C=O) groups is 1. The van der Waals surface area contributed by atoms with Gasteiger partial charge in [0.05, 0.1) is 5.69 Å². The van der Waals surface area contributed by atoms with Gasteiger partial charge in [0.25, 0.3) is 0 Å². The van der Waals surface area contributed by atoms with Crippen LogP contribution in [0.4, 0.5) is 10.5 Å². The summed E-state index contributed by atoms with van der Waals surface area (Å²) in [6.45, 7) is 2.18. The van der Waals surface area contributed by atoms with Crippen molar-refractivity contribution in [3.63, 3.8) is 0 Å². The predicted octanol–water partition coefficient (Wildman–Crippen LogP) is 2.52. The van der Waals surface area contributed by atoms with Crippen LogP contribution in [-0.4, -0.2) is 41.6 Å². The van der Waals surface area contributed by atoms with Crippen LogP contribution in [0.5, 0.6) is 0 Å². The molecule has 5 nitrogen and oxygen atoms in total. The van der Waals surface area contributed by atoms with Crippen molar-refractivity contribution in [1.29, 1.82) is 0 Å². The van der Waals surface area contributed by atoms with Gasteiger partial charge in [-0.15, -0.1) is 0 Å². The number of pyridine rings is 1. The van der Waals surface area contributed by atoms with Crippen molar-refractivity contribution in [1.82, 2.24) is 15.2 Å². The first-order valence-electron chi connectivity index (χ1n) is 8.04. The van der Waals surface area contributed by atoms with Crippen molar-refractivity contribution in [3.8, 4) is 0 Å². The van der Waals surface area contributed by atoms with E-state index in [2.05, 4.69) is 27.8 Å². The Labute approximate surface area is 136 Å². The third-order valence-electron chi connectivity index (χ3n) is 4.04. The fraction of sp³-hybridized carbons (Fsp3) is 0.333. The Kier molecular flexibility index (Phi) is 5.09. The summed E-state index contributed by atoms with van der Waals surface area (Å²) < 4.78 is 0. The number of aromatic nitrogens is 1. The third-order valence-corrected chi connectivity index (χ3v) is 4.04. The lowest BCUT2D eigenvalue weighted by molar-refractivity contribution is 0.208.